The molecule has 1 aromatic carbocycles. The molecule has 16 heavy (non-hydrogen) atoms. The van der Waals surface area contributed by atoms with Gasteiger partial charge in [0.25, 0.3) is 0 Å². The highest BCUT2D eigenvalue weighted by atomic mass is 32.1. The summed E-state index contributed by atoms with van der Waals surface area (Å²) in [6.07, 6.45) is 1.73. The van der Waals surface area contributed by atoms with Crippen LogP contribution in [0.15, 0.2) is 30.5 Å². The van der Waals surface area contributed by atoms with Crippen molar-refractivity contribution < 1.29 is 4.39 Å². The average Bonchev–Trinajstić information content (AvgIpc) is 2.15. The van der Waals surface area contributed by atoms with Gasteiger partial charge >= 0.3 is 0 Å². The lowest BCUT2D eigenvalue weighted by atomic mass is 10.0. The van der Waals surface area contributed by atoms with E-state index in [1.54, 1.807) is 18.3 Å². The van der Waals surface area contributed by atoms with Gasteiger partial charge in [0.2, 0.25) is 0 Å². The Hall–Kier alpha value is -1.48. The topological polar surface area (TPSA) is 15.8 Å². The van der Waals surface area contributed by atoms with E-state index in [4.69, 9.17) is 12.2 Å². The maximum Gasteiger partial charge on any atom is 0.133 e. The maximum absolute atomic E-state index is 13.9. The zero-order valence-corrected chi connectivity index (χ0v) is 9.99. The van der Waals surface area contributed by atoms with Gasteiger partial charge in [0.1, 0.15) is 5.82 Å². The summed E-state index contributed by atoms with van der Waals surface area (Å²) < 4.78 is 14.6. The second-order valence-electron chi connectivity index (χ2n) is 3.88. The Labute approximate surface area is 99.0 Å². The van der Waals surface area contributed by atoms with Crippen molar-refractivity contribution in [1.29, 1.82) is 0 Å². The molecule has 3 heteroatoms. The van der Waals surface area contributed by atoms with Crippen LogP contribution in [0.25, 0.3) is 11.3 Å². The molecule has 0 saturated heterocycles. The van der Waals surface area contributed by atoms with E-state index in [-0.39, 0.29) is 5.82 Å². The number of aryl methyl sites for hydroxylation is 2. The van der Waals surface area contributed by atoms with E-state index in [0.29, 0.717) is 10.1 Å². The molecular weight excluding hydrogens is 221 g/mol. The highest BCUT2D eigenvalue weighted by Crippen LogP contribution is 2.25. The Bertz CT molecular complexity index is 563. The van der Waals surface area contributed by atoms with E-state index in [1.807, 2.05) is 19.9 Å². The summed E-state index contributed by atoms with van der Waals surface area (Å²) in [5, 5.41) is 0. The molecule has 0 spiro atoms. The summed E-state index contributed by atoms with van der Waals surface area (Å²) in [6.45, 7) is 3.78. The van der Waals surface area contributed by atoms with Gasteiger partial charge in [0.15, 0.2) is 0 Å². The van der Waals surface area contributed by atoms with E-state index in [1.165, 1.54) is 6.07 Å². The van der Waals surface area contributed by atoms with Crippen molar-refractivity contribution in [3.8, 4) is 11.3 Å². The summed E-state index contributed by atoms with van der Waals surface area (Å²) in [5.41, 5.74) is 3.16. The largest absolute Gasteiger partial charge is 0.361 e. The zero-order chi connectivity index (χ0) is 11.7. The number of H-pyrrole nitrogens is 1. The minimum atomic E-state index is -0.214. The predicted octanol–water partition coefficient (Wildman–Crippen LogP) is 4.17. The predicted molar refractivity (Wildman–Crippen MR) is 66.5 cm³/mol. The SMILES string of the molecule is Cc1cc(C)c(-c2cc(=S)cc[nH]2)c(F)c1. The lowest BCUT2D eigenvalue weighted by molar-refractivity contribution is 0.628. The molecule has 1 N–H and O–H groups in total. The molecule has 0 saturated carbocycles. The van der Waals surface area contributed by atoms with Crippen LogP contribution in [-0.4, -0.2) is 4.98 Å². The fraction of sp³-hybridized carbons (Fsp3) is 0.154. The average molecular weight is 233 g/mol. The van der Waals surface area contributed by atoms with Gasteiger partial charge in [-0.15, -0.1) is 0 Å². The Morgan fingerprint density at radius 3 is 2.56 bits per heavy atom. The van der Waals surface area contributed by atoms with Crippen LogP contribution in [0.5, 0.6) is 0 Å². The van der Waals surface area contributed by atoms with Gasteiger partial charge in [-0.1, -0.05) is 18.3 Å². The smallest absolute Gasteiger partial charge is 0.133 e. The number of aromatic amines is 1. The fourth-order valence-electron chi connectivity index (χ4n) is 1.85. The standard InChI is InChI=1S/C13H12FNS/c1-8-5-9(2)13(11(14)6-8)12-7-10(16)3-4-15-12/h3-7H,1-2H3,(H,15,16). The maximum atomic E-state index is 13.9. The molecule has 0 fully saturated rings. The van der Waals surface area contributed by atoms with Crippen LogP contribution < -0.4 is 0 Å². The number of benzene rings is 1. The molecule has 1 aromatic heterocycles. The van der Waals surface area contributed by atoms with Gasteiger partial charge in [0.05, 0.1) is 0 Å². The monoisotopic (exact) mass is 233 g/mol. The van der Waals surface area contributed by atoms with E-state index >= 15 is 0 Å². The molecule has 0 aliphatic carbocycles. The first-order valence-electron chi connectivity index (χ1n) is 5.04. The van der Waals surface area contributed by atoms with Crippen LogP contribution in [0.2, 0.25) is 0 Å². The number of pyridine rings is 1. The number of halogens is 1. The van der Waals surface area contributed by atoms with Gasteiger partial charge in [-0.05, 0) is 43.2 Å². The van der Waals surface area contributed by atoms with E-state index in [2.05, 4.69) is 4.98 Å². The van der Waals surface area contributed by atoms with Crippen LogP contribution >= 0.6 is 12.2 Å². The second kappa shape index (κ2) is 4.18. The first-order chi connectivity index (χ1) is 7.58. The third kappa shape index (κ3) is 2.04. The summed E-state index contributed by atoms with van der Waals surface area (Å²) >= 11 is 5.07. The molecule has 0 unspecified atom stereocenters. The van der Waals surface area contributed by atoms with Crippen molar-refractivity contribution in [2.45, 2.75) is 13.8 Å². The molecule has 0 amide bonds. The van der Waals surface area contributed by atoms with Gasteiger partial charge in [-0.25, -0.2) is 4.39 Å². The Kier molecular flexibility index (Phi) is 2.88. The summed E-state index contributed by atoms with van der Waals surface area (Å²) in [4.78, 5) is 3.02. The molecule has 1 heterocycles. The molecule has 2 aromatic rings. The highest BCUT2D eigenvalue weighted by molar-refractivity contribution is 7.71. The fourth-order valence-corrected chi connectivity index (χ4v) is 2.03. The summed E-state index contributed by atoms with van der Waals surface area (Å²) in [6, 6.07) is 7.05. The van der Waals surface area contributed by atoms with Crippen molar-refractivity contribution in [3.63, 3.8) is 0 Å². The Balaban J connectivity index is 2.69. The van der Waals surface area contributed by atoms with Crippen LogP contribution in [0.3, 0.4) is 0 Å². The van der Waals surface area contributed by atoms with Crippen molar-refractivity contribution in [1.82, 2.24) is 4.98 Å². The molecule has 2 rings (SSSR count). The molecule has 82 valence electrons. The van der Waals surface area contributed by atoms with E-state index in [0.717, 1.165) is 16.8 Å². The molecular formula is C13H12FNS. The highest BCUT2D eigenvalue weighted by Gasteiger charge is 2.09. The first kappa shape index (κ1) is 11.0. The second-order valence-corrected chi connectivity index (χ2v) is 4.35. The number of hydrogen-bond donors (Lipinski definition) is 1. The van der Waals surface area contributed by atoms with Crippen LogP contribution in [-0.2, 0) is 0 Å². The third-order valence-electron chi connectivity index (χ3n) is 2.47. The molecule has 0 aliphatic rings. The Morgan fingerprint density at radius 1 is 1.19 bits per heavy atom. The molecule has 0 bridgehead atoms. The normalized spacial score (nSPS) is 10.4. The molecule has 1 nitrogen and oxygen atoms in total. The summed E-state index contributed by atoms with van der Waals surface area (Å²) in [7, 11) is 0. The molecule has 0 atom stereocenters. The van der Waals surface area contributed by atoms with Crippen LogP contribution in [0, 0.1) is 24.2 Å². The van der Waals surface area contributed by atoms with Gasteiger partial charge in [0, 0.05) is 22.0 Å². The van der Waals surface area contributed by atoms with E-state index < -0.39 is 0 Å². The molecule has 0 aliphatic heterocycles. The quantitative estimate of drug-likeness (QED) is 0.731. The zero-order valence-electron chi connectivity index (χ0n) is 9.17. The summed E-state index contributed by atoms with van der Waals surface area (Å²) in [5.74, 6) is -0.214. The van der Waals surface area contributed by atoms with Crippen molar-refractivity contribution in [3.05, 3.63) is 51.9 Å². The lowest BCUT2D eigenvalue weighted by Crippen LogP contribution is -1.92. The number of hydrogen-bond acceptors (Lipinski definition) is 1. The Morgan fingerprint density at radius 2 is 1.94 bits per heavy atom. The van der Waals surface area contributed by atoms with E-state index in [9.17, 15) is 4.39 Å². The molecule has 0 radical (unpaired) electrons. The minimum Gasteiger partial charge on any atom is -0.361 e. The van der Waals surface area contributed by atoms with Crippen molar-refractivity contribution >= 4 is 12.2 Å². The van der Waals surface area contributed by atoms with Crippen molar-refractivity contribution in [2.75, 3.05) is 0 Å². The van der Waals surface area contributed by atoms with Crippen molar-refractivity contribution in [2.24, 2.45) is 0 Å². The number of nitrogens with one attached hydrogen (secondary N) is 1. The minimum absolute atomic E-state index is 0.214. The lowest BCUT2D eigenvalue weighted by Gasteiger charge is -2.08. The number of aromatic nitrogens is 1. The van der Waals surface area contributed by atoms with Crippen LogP contribution in [0.4, 0.5) is 4.39 Å². The number of rotatable bonds is 1. The van der Waals surface area contributed by atoms with Crippen LogP contribution in [0.1, 0.15) is 11.1 Å². The van der Waals surface area contributed by atoms with Gasteiger partial charge in [-0.3, -0.25) is 0 Å². The first-order valence-corrected chi connectivity index (χ1v) is 5.44. The van der Waals surface area contributed by atoms with Gasteiger partial charge < -0.3 is 4.98 Å². The third-order valence-corrected chi connectivity index (χ3v) is 2.73. The van der Waals surface area contributed by atoms with Gasteiger partial charge in [-0.2, -0.15) is 0 Å².